The number of fused-ring (bicyclic) bond motifs is 1. The lowest BCUT2D eigenvalue weighted by Gasteiger charge is -2.14. The summed E-state index contributed by atoms with van der Waals surface area (Å²) in [4.78, 5) is 33.6. The lowest BCUT2D eigenvalue weighted by atomic mass is 10.1. The molecule has 2 N–H and O–H groups in total. The van der Waals surface area contributed by atoms with Crippen LogP contribution in [0.25, 0.3) is 21.3 Å². The van der Waals surface area contributed by atoms with Crippen molar-refractivity contribution in [3.8, 4) is 16.9 Å². The van der Waals surface area contributed by atoms with E-state index in [0.717, 1.165) is 16.7 Å². The second-order valence-electron chi connectivity index (χ2n) is 7.16. The minimum absolute atomic E-state index is 0.224. The Bertz CT molecular complexity index is 1350. The number of anilines is 1. The average molecular weight is 486 g/mol. The molecule has 2 heterocycles. The molecular formula is C23H20ClN3O3S2. The Morgan fingerprint density at radius 3 is 2.72 bits per heavy atom. The number of H-pyrrole nitrogens is 1. The van der Waals surface area contributed by atoms with Crippen LogP contribution in [0.4, 0.5) is 5.69 Å². The first-order valence-electron chi connectivity index (χ1n) is 9.75. The van der Waals surface area contributed by atoms with Crippen LogP contribution in [0.2, 0.25) is 5.02 Å². The predicted octanol–water partition coefficient (Wildman–Crippen LogP) is 5.74. The Labute approximate surface area is 198 Å². The highest BCUT2D eigenvalue weighted by Gasteiger charge is 2.20. The molecule has 2 aromatic carbocycles. The minimum atomic E-state index is -0.518. The normalized spacial score (nSPS) is 12.0. The van der Waals surface area contributed by atoms with Gasteiger partial charge in [-0.3, -0.25) is 9.59 Å². The van der Waals surface area contributed by atoms with Crippen LogP contribution in [0, 0.1) is 6.92 Å². The van der Waals surface area contributed by atoms with Crippen molar-refractivity contribution in [3.63, 3.8) is 0 Å². The van der Waals surface area contributed by atoms with Crippen LogP contribution in [0.1, 0.15) is 12.5 Å². The fraction of sp³-hybridized carbons (Fsp3) is 0.174. The van der Waals surface area contributed by atoms with E-state index in [2.05, 4.69) is 15.3 Å². The van der Waals surface area contributed by atoms with E-state index in [0.29, 0.717) is 31.8 Å². The fourth-order valence-corrected chi connectivity index (χ4v) is 5.14. The van der Waals surface area contributed by atoms with Gasteiger partial charge in [-0.25, -0.2) is 4.98 Å². The second kappa shape index (κ2) is 9.36. The van der Waals surface area contributed by atoms with Crippen LogP contribution in [0.3, 0.4) is 0 Å². The van der Waals surface area contributed by atoms with Crippen molar-refractivity contribution in [2.75, 3.05) is 12.4 Å². The maximum absolute atomic E-state index is 12.9. The van der Waals surface area contributed by atoms with Gasteiger partial charge in [-0.15, -0.1) is 11.3 Å². The van der Waals surface area contributed by atoms with Crippen molar-refractivity contribution in [2.45, 2.75) is 24.3 Å². The molecule has 0 saturated heterocycles. The van der Waals surface area contributed by atoms with Crippen LogP contribution in [0.5, 0.6) is 5.75 Å². The summed E-state index contributed by atoms with van der Waals surface area (Å²) < 4.78 is 5.27. The molecule has 9 heteroatoms. The molecule has 164 valence electrons. The number of carbonyl (C=O) groups is 1. The number of amides is 1. The number of hydrogen-bond donors (Lipinski definition) is 2. The van der Waals surface area contributed by atoms with Gasteiger partial charge >= 0.3 is 0 Å². The number of ether oxygens (including phenoxy) is 1. The fourth-order valence-electron chi connectivity index (χ4n) is 3.16. The summed E-state index contributed by atoms with van der Waals surface area (Å²) in [6, 6.07) is 13.0. The third-order valence-electron chi connectivity index (χ3n) is 4.86. The third-order valence-corrected chi connectivity index (χ3v) is 6.95. The highest BCUT2D eigenvalue weighted by atomic mass is 35.5. The highest BCUT2D eigenvalue weighted by Crippen LogP contribution is 2.33. The van der Waals surface area contributed by atoms with Crippen LogP contribution in [0.15, 0.2) is 57.8 Å². The number of methoxy groups -OCH3 is 1. The van der Waals surface area contributed by atoms with Crippen LogP contribution < -0.4 is 15.6 Å². The molecule has 32 heavy (non-hydrogen) atoms. The van der Waals surface area contributed by atoms with E-state index >= 15 is 0 Å². The van der Waals surface area contributed by atoms with Gasteiger partial charge in [0.05, 0.1) is 23.4 Å². The number of rotatable bonds is 6. The molecule has 6 nitrogen and oxygen atoms in total. The number of carbonyl (C=O) groups excluding carboxylic acids is 1. The van der Waals surface area contributed by atoms with Crippen molar-refractivity contribution >= 4 is 56.5 Å². The zero-order chi connectivity index (χ0) is 22.8. The predicted molar refractivity (Wildman–Crippen MR) is 132 cm³/mol. The molecule has 0 saturated carbocycles. The summed E-state index contributed by atoms with van der Waals surface area (Å²) in [6.07, 6.45) is 0. The third kappa shape index (κ3) is 4.67. The summed E-state index contributed by atoms with van der Waals surface area (Å²) in [7, 11) is 1.52. The SMILES string of the molecule is COc1ccc(Cl)cc1NC(=O)C(C)Sc1nc2scc(-c3ccc(C)cc3)c2c(=O)[nH]1. The van der Waals surface area contributed by atoms with E-state index < -0.39 is 5.25 Å². The van der Waals surface area contributed by atoms with E-state index in [-0.39, 0.29) is 11.5 Å². The number of halogens is 1. The standard InChI is InChI=1S/C23H20ClN3O3S2/c1-12-4-6-14(7-5-12)16-11-31-22-19(16)21(29)26-23(27-22)32-13(2)20(28)25-17-10-15(24)8-9-18(17)30-3/h4-11,13H,1-3H3,(H,25,28)(H,26,27,29). The molecule has 0 aliphatic heterocycles. The molecule has 0 radical (unpaired) electrons. The van der Waals surface area contributed by atoms with Crippen LogP contribution >= 0.6 is 34.7 Å². The van der Waals surface area contributed by atoms with Crippen molar-refractivity contribution in [2.24, 2.45) is 0 Å². The highest BCUT2D eigenvalue weighted by molar-refractivity contribution is 8.00. The number of aromatic amines is 1. The van der Waals surface area contributed by atoms with Gasteiger partial charge in [0.1, 0.15) is 10.6 Å². The van der Waals surface area contributed by atoms with Gasteiger partial charge in [0.2, 0.25) is 5.91 Å². The number of thioether (sulfide) groups is 1. The smallest absolute Gasteiger partial charge is 0.260 e. The van der Waals surface area contributed by atoms with Crippen molar-refractivity contribution in [3.05, 3.63) is 68.8 Å². The first kappa shape index (κ1) is 22.4. The molecule has 0 aliphatic carbocycles. The zero-order valence-electron chi connectivity index (χ0n) is 17.6. The number of nitrogens with zero attached hydrogens (tertiary/aromatic N) is 1. The van der Waals surface area contributed by atoms with Crippen LogP contribution in [-0.2, 0) is 4.79 Å². The molecule has 0 fully saturated rings. The quantitative estimate of drug-likeness (QED) is 0.268. The van der Waals surface area contributed by atoms with Crippen molar-refractivity contribution < 1.29 is 9.53 Å². The summed E-state index contributed by atoms with van der Waals surface area (Å²) in [5.41, 5.74) is 3.24. The van der Waals surface area contributed by atoms with Crippen LogP contribution in [-0.4, -0.2) is 28.2 Å². The summed E-state index contributed by atoms with van der Waals surface area (Å²) in [5.74, 6) is 0.250. The van der Waals surface area contributed by atoms with E-state index in [1.54, 1.807) is 25.1 Å². The summed E-state index contributed by atoms with van der Waals surface area (Å²) in [5, 5.41) is 5.67. The number of aryl methyl sites for hydroxylation is 1. The van der Waals surface area contributed by atoms with E-state index in [4.69, 9.17) is 16.3 Å². The number of aromatic nitrogens is 2. The molecular weight excluding hydrogens is 466 g/mol. The Morgan fingerprint density at radius 1 is 1.25 bits per heavy atom. The molecule has 4 rings (SSSR count). The maximum atomic E-state index is 12.9. The number of hydrogen-bond acceptors (Lipinski definition) is 6. The van der Waals surface area contributed by atoms with Gasteiger partial charge in [-0.05, 0) is 37.6 Å². The molecule has 0 spiro atoms. The van der Waals surface area contributed by atoms with Gasteiger partial charge in [0, 0.05) is 16.0 Å². The molecule has 1 amide bonds. The summed E-state index contributed by atoms with van der Waals surface area (Å²) in [6.45, 7) is 3.76. The first-order chi connectivity index (χ1) is 15.4. The number of nitrogens with one attached hydrogen (secondary N) is 2. The Kier molecular flexibility index (Phi) is 6.55. The van der Waals surface area contributed by atoms with Gasteiger partial charge in [-0.1, -0.05) is 53.2 Å². The molecule has 4 aromatic rings. The first-order valence-corrected chi connectivity index (χ1v) is 11.9. The Morgan fingerprint density at radius 2 is 2.00 bits per heavy atom. The average Bonchev–Trinajstić information content (AvgIpc) is 3.19. The van der Waals surface area contributed by atoms with E-state index in [1.807, 2.05) is 36.6 Å². The number of benzene rings is 2. The molecule has 2 aromatic heterocycles. The minimum Gasteiger partial charge on any atom is -0.495 e. The van der Waals surface area contributed by atoms with E-state index in [9.17, 15) is 9.59 Å². The van der Waals surface area contributed by atoms with Gasteiger partial charge in [0.15, 0.2) is 5.16 Å². The molecule has 1 unspecified atom stereocenters. The molecule has 1 atom stereocenters. The zero-order valence-corrected chi connectivity index (χ0v) is 20.0. The Balaban J connectivity index is 1.55. The van der Waals surface area contributed by atoms with Crippen molar-refractivity contribution in [1.82, 2.24) is 9.97 Å². The second-order valence-corrected chi connectivity index (χ2v) is 9.78. The van der Waals surface area contributed by atoms with Crippen molar-refractivity contribution in [1.29, 1.82) is 0 Å². The topological polar surface area (TPSA) is 84.1 Å². The summed E-state index contributed by atoms with van der Waals surface area (Å²) >= 11 is 8.62. The monoisotopic (exact) mass is 485 g/mol. The number of thiophene rings is 1. The molecule has 0 aliphatic rings. The maximum Gasteiger partial charge on any atom is 0.260 e. The van der Waals surface area contributed by atoms with Gasteiger partial charge in [-0.2, -0.15) is 0 Å². The van der Waals surface area contributed by atoms with Gasteiger partial charge in [0.25, 0.3) is 5.56 Å². The lowest BCUT2D eigenvalue weighted by Crippen LogP contribution is -2.23. The largest absolute Gasteiger partial charge is 0.495 e. The lowest BCUT2D eigenvalue weighted by molar-refractivity contribution is -0.115. The van der Waals surface area contributed by atoms with Gasteiger partial charge < -0.3 is 15.0 Å². The Hall–Kier alpha value is -2.81. The van der Waals surface area contributed by atoms with E-state index in [1.165, 1.54) is 30.2 Å². The molecule has 0 bridgehead atoms.